The Kier molecular flexibility index (Phi) is 6.83. The number of methoxy groups -OCH3 is 1. The molecule has 2 aromatic rings. The first-order valence-corrected chi connectivity index (χ1v) is 7.91. The van der Waals surface area contributed by atoms with Crippen molar-refractivity contribution in [1.29, 1.82) is 0 Å². The highest BCUT2D eigenvalue weighted by atomic mass is 16.5. The molecule has 6 nitrogen and oxygen atoms in total. The molecule has 1 unspecified atom stereocenters. The van der Waals surface area contributed by atoms with Crippen molar-refractivity contribution in [3.05, 3.63) is 60.2 Å². The Bertz CT molecular complexity index is 702. The maximum absolute atomic E-state index is 12.2. The van der Waals surface area contributed by atoms with E-state index in [0.29, 0.717) is 17.9 Å². The molecular formula is C19H21NO5. The zero-order valence-electron chi connectivity index (χ0n) is 14.0. The third-order valence-electron chi connectivity index (χ3n) is 3.60. The van der Waals surface area contributed by atoms with Crippen molar-refractivity contribution in [2.75, 3.05) is 13.7 Å². The van der Waals surface area contributed by atoms with Crippen molar-refractivity contribution >= 4 is 11.9 Å². The van der Waals surface area contributed by atoms with Gasteiger partial charge in [0.15, 0.2) is 6.61 Å². The van der Waals surface area contributed by atoms with Crippen LogP contribution >= 0.6 is 0 Å². The van der Waals surface area contributed by atoms with Crippen LogP contribution in [0.15, 0.2) is 54.6 Å². The number of carbonyl (C=O) groups excluding carboxylic acids is 1. The van der Waals surface area contributed by atoms with Gasteiger partial charge < -0.3 is 19.9 Å². The minimum Gasteiger partial charge on any atom is -0.497 e. The second kappa shape index (κ2) is 9.32. The number of hydrogen-bond acceptors (Lipinski definition) is 4. The fourth-order valence-corrected chi connectivity index (χ4v) is 2.35. The summed E-state index contributed by atoms with van der Waals surface area (Å²) < 4.78 is 10.6. The Morgan fingerprint density at radius 3 is 2.48 bits per heavy atom. The van der Waals surface area contributed by atoms with Crippen molar-refractivity contribution in [1.82, 2.24) is 5.32 Å². The molecule has 0 fully saturated rings. The molecule has 0 saturated carbocycles. The summed E-state index contributed by atoms with van der Waals surface area (Å²) in [4.78, 5) is 23.0. The number of benzene rings is 2. The number of hydrogen-bond donors (Lipinski definition) is 2. The second-order valence-electron chi connectivity index (χ2n) is 5.43. The number of carbonyl (C=O) groups is 2. The number of carboxylic acid groups (broad SMARTS) is 1. The van der Waals surface area contributed by atoms with Crippen LogP contribution in [0.5, 0.6) is 11.5 Å². The van der Waals surface area contributed by atoms with Gasteiger partial charge in [0.25, 0.3) is 5.91 Å². The summed E-state index contributed by atoms with van der Waals surface area (Å²) in [6.45, 7) is -0.163. The first-order valence-electron chi connectivity index (χ1n) is 7.91. The molecule has 0 aliphatic carbocycles. The molecule has 2 rings (SSSR count). The average molecular weight is 343 g/mol. The molecule has 1 atom stereocenters. The Morgan fingerprint density at radius 2 is 1.80 bits per heavy atom. The van der Waals surface area contributed by atoms with E-state index in [1.807, 2.05) is 30.3 Å². The Morgan fingerprint density at radius 1 is 1.08 bits per heavy atom. The van der Waals surface area contributed by atoms with E-state index < -0.39 is 5.97 Å². The Hall–Kier alpha value is -3.02. The van der Waals surface area contributed by atoms with Gasteiger partial charge in [0.2, 0.25) is 0 Å². The first kappa shape index (κ1) is 18.3. The van der Waals surface area contributed by atoms with E-state index in [2.05, 4.69) is 5.32 Å². The lowest BCUT2D eigenvalue weighted by Crippen LogP contribution is -2.33. The minimum atomic E-state index is -0.900. The van der Waals surface area contributed by atoms with Crippen molar-refractivity contribution in [3.63, 3.8) is 0 Å². The first-order chi connectivity index (χ1) is 12.1. The van der Waals surface area contributed by atoms with E-state index >= 15 is 0 Å². The molecule has 0 radical (unpaired) electrons. The molecule has 0 saturated heterocycles. The number of rotatable bonds is 9. The standard InChI is InChI=1S/C19H21NO5/c1-24-15-8-5-9-16(12-15)25-13-18(21)20-17(10-11-19(22)23)14-6-3-2-4-7-14/h2-9,12,17H,10-11,13H2,1H3,(H,20,21)(H,22,23). The van der Waals surface area contributed by atoms with Gasteiger partial charge in [-0.1, -0.05) is 36.4 Å². The van der Waals surface area contributed by atoms with E-state index in [1.165, 1.54) is 0 Å². The summed E-state index contributed by atoms with van der Waals surface area (Å²) in [5.41, 5.74) is 0.860. The summed E-state index contributed by atoms with van der Waals surface area (Å²) in [7, 11) is 1.55. The summed E-state index contributed by atoms with van der Waals surface area (Å²) in [6, 6.07) is 15.9. The topological polar surface area (TPSA) is 84.9 Å². The number of nitrogens with one attached hydrogen (secondary N) is 1. The third kappa shape index (κ3) is 6.18. The van der Waals surface area contributed by atoms with Gasteiger partial charge in [-0.3, -0.25) is 9.59 Å². The molecule has 132 valence electrons. The van der Waals surface area contributed by atoms with E-state index in [-0.39, 0.29) is 25.0 Å². The minimum absolute atomic E-state index is 0.0312. The lowest BCUT2D eigenvalue weighted by atomic mass is 10.0. The fourth-order valence-electron chi connectivity index (χ4n) is 2.35. The summed E-state index contributed by atoms with van der Waals surface area (Å²) >= 11 is 0. The van der Waals surface area contributed by atoms with Crippen molar-refractivity contribution < 1.29 is 24.2 Å². The molecule has 0 bridgehead atoms. The van der Waals surface area contributed by atoms with E-state index in [9.17, 15) is 9.59 Å². The normalized spacial score (nSPS) is 11.4. The summed E-state index contributed by atoms with van der Waals surface area (Å²) in [5.74, 6) is -0.0531. The fraction of sp³-hybridized carbons (Fsp3) is 0.263. The van der Waals surface area contributed by atoms with E-state index in [4.69, 9.17) is 14.6 Å². The summed E-state index contributed by atoms with van der Waals surface area (Å²) in [6.07, 6.45) is 0.279. The van der Waals surface area contributed by atoms with E-state index in [1.54, 1.807) is 31.4 Å². The van der Waals surface area contributed by atoms with Gasteiger partial charge in [0, 0.05) is 12.5 Å². The van der Waals surface area contributed by atoms with Gasteiger partial charge in [-0.2, -0.15) is 0 Å². The molecule has 0 aromatic heterocycles. The van der Waals surface area contributed by atoms with Gasteiger partial charge in [0.1, 0.15) is 11.5 Å². The summed E-state index contributed by atoms with van der Waals surface area (Å²) in [5, 5.41) is 11.7. The van der Waals surface area contributed by atoms with Crippen LogP contribution in [0.1, 0.15) is 24.4 Å². The molecular weight excluding hydrogens is 322 g/mol. The molecule has 25 heavy (non-hydrogen) atoms. The van der Waals surface area contributed by atoms with Crippen LogP contribution in [-0.4, -0.2) is 30.7 Å². The maximum atomic E-state index is 12.2. The van der Waals surface area contributed by atoms with Gasteiger partial charge in [-0.25, -0.2) is 0 Å². The third-order valence-corrected chi connectivity index (χ3v) is 3.60. The number of aliphatic carboxylic acids is 1. The molecule has 0 aliphatic rings. The van der Waals surface area contributed by atoms with Gasteiger partial charge in [-0.15, -0.1) is 0 Å². The molecule has 0 aliphatic heterocycles. The van der Waals surface area contributed by atoms with Crippen LogP contribution in [-0.2, 0) is 9.59 Å². The van der Waals surface area contributed by atoms with Crippen LogP contribution in [0.3, 0.4) is 0 Å². The number of carboxylic acids is 1. The number of ether oxygens (including phenoxy) is 2. The Labute approximate surface area is 146 Å². The van der Waals surface area contributed by atoms with Gasteiger partial charge >= 0.3 is 5.97 Å². The average Bonchev–Trinajstić information content (AvgIpc) is 2.64. The molecule has 6 heteroatoms. The van der Waals surface area contributed by atoms with Crippen LogP contribution in [0.25, 0.3) is 0 Å². The maximum Gasteiger partial charge on any atom is 0.303 e. The largest absolute Gasteiger partial charge is 0.497 e. The van der Waals surface area contributed by atoms with Crippen molar-refractivity contribution in [3.8, 4) is 11.5 Å². The molecule has 2 aromatic carbocycles. The number of amides is 1. The second-order valence-corrected chi connectivity index (χ2v) is 5.43. The lowest BCUT2D eigenvalue weighted by molar-refractivity contribution is -0.137. The van der Waals surface area contributed by atoms with Gasteiger partial charge in [-0.05, 0) is 24.1 Å². The lowest BCUT2D eigenvalue weighted by Gasteiger charge is -2.19. The predicted octanol–water partition coefficient (Wildman–Crippen LogP) is 2.80. The highest BCUT2D eigenvalue weighted by Crippen LogP contribution is 2.20. The smallest absolute Gasteiger partial charge is 0.303 e. The highest BCUT2D eigenvalue weighted by molar-refractivity contribution is 5.78. The SMILES string of the molecule is COc1cccc(OCC(=O)NC(CCC(=O)O)c2ccccc2)c1. The predicted molar refractivity (Wildman–Crippen MR) is 92.7 cm³/mol. The van der Waals surface area contributed by atoms with E-state index in [0.717, 1.165) is 5.56 Å². The van der Waals surface area contributed by atoms with Crippen LogP contribution in [0.2, 0.25) is 0 Å². The van der Waals surface area contributed by atoms with Gasteiger partial charge in [0.05, 0.1) is 13.2 Å². The van der Waals surface area contributed by atoms with Crippen molar-refractivity contribution in [2.24, 2.45) is 0 Å². The molecule has 2 N–H and O–H groups in total. The van der Waals surface area contributed by atoms with Crippen LogP contribution < -0.4 is 14.8 Å². The zero-order chi connectivity index (χ0) is 18.1. The Balaban J connectivity index is 1.95. The highest BCUT2D eigenvalue weighted by Gasteiger charge is 2.16. The molecule has 0 spiro atoms. The monoisotopic (exact) mass is 343 g/mol. The van der Waals surface area contributed by atoms with Crippen molar-refractivity contribution in [2.45, 2.75) is 18.9 Å². The van der Waals surface area contributed by atoms with Crippen LogP contribution in [0, 0.1) is 0 Å². The quantitative estimate of drug-likeness (QED) is 0.731. The zero-order valence-corrected chi connectivity index (χ0v) is 14.0. The van der Waals surface area contributed by atoms with Crippen LogP contribution in [0.4, 0.5) is 0 Å². The molecule has 1 amide bonds. The molecule has 0 heterocycles.